The van der Waals surface area contributed by atoms with Crippen molar-refractivity contribution in [1.82, 2.24) is 0 Å². The van der Waals surface area contributed by atoms with Crippen LogP contribution in [0.4, 0.5) is 8.78 Å². The summed E-state index contributed by atoms with van der Waals surface area (Å²) in [6, 6.07) is 5.43. The van der Waals surface area contributed by atoms with E-state index in [9.17, 15) is 28.0 Å². The molecule has 2 aromatic carbocycles. The van der Waals surface area contributed by atoms with Gasteiger partial charge in [0.15, 0.2) is 13.2 Å². The molecule has 180 valence electrons. The molecule has 0 spiro atoms. The molecular formula is C22H24F2O9. The number of aliphatic carboxylic acids is 1. The van der Waals surface area contributed by atoms with Gasteiger partial charge in [-0.3, -0.25) is 4.79 Å². The number of Topliss-reactive ketones (excluding diaryl/α,β-unsaturated/α-hetero) is 1. The van der Waals surface area contributed by atoms with Crippen LogP contribution in [0.3, 0.4) is 0 Å². The Balaban J connectivity index is 0.000000586. The van der Waals surface area contributed by atoms with Gasteiger partial charge in [0.1, 0.15) is 34.3 Å². The molecule has 0 amide bonds. The van der Waals surface area contributed by atoms with Gasteiger partial charge in [-0.25, -0.2) is 23.2 Å². The number of hydrogen-bond donors (Lipinski definition) is 1. The molecule has 0 unspecified atom stereocenters. The first-order valence-electron chi connectivity index (χ1n) is 8.48. The smallest absolute Gasteiger partial charge is 0.341 e. The van der Waals surface area contributed by atoms with Gasteiger partial charge in [0, 0.05) is 6.07 Å². The summed E-state index contributed by atoms with van der Waals surface area (Å²) in [5.41, 5.74) is -0.122. The van der Waals surface area contributed by atoms with Gasteiger partial charge in [-0.15, -0.1) is 0 Å². The minimum atomic E-state index is -1.22. The average molecular weight is 470 g/mol. The van der Waals surface area contributed by atoms with E-state index in [0.29, 0.717) is 0 Å². The highest BCUT2D eigenvalue weighted by Gasteiger charge is 2.30. The number of carboxylic acid groups (broad SMARTS) is 1. The van der Waals surface area contributed by atoms with Crippen molar-refractivity contribution in [1.29, 1.82) is 0 Å². The van der Waals surface area contributed by atoms with Gasteiger partial charge in [0.05, 0.1) is 19.8 Å². The number of benzene rings is 2. The van der Waals surface area contributed by atoms with E-state index in [-0.39, 0.29) is 49.6 Å². The van der Waals surface area contributed by atoms with Gasteiger partial charge in [0.25, 0.3) is 0 Å². The highest BCUT2D eigenvalue weighted by atomic mass is 19.1. The number of halogens is 2. The summed E-state index contributed by atoms with van der Waals surface area (Å²) in [6.07, 6.45) is 0. The molecular weight excluding hydrogens is 446 g/mol. The summed E-state index contributed by atoms with van der Waals surface area (Å²) in [6.45, 7) is -0.895. The van der Waals surface area contributed by atoms with Crippen molar-refractivity contribution in [2.45, 2.75) is 14.9 Å². The number of esters is 2. The van der Waals surface area contributed by atoms with Gasteiger partial charge >= 0.3 is 17.9 Å². The monoisotopic (exact) mass is 470 g/mol. The van der Waals surface area contributed by atoms with Crippen molar-refractivity contribution >= 4 is 23.7 Å². The molecule has 1 heterocycles. The predicted molar refractivity (Wildman–Crippen MR) is 112 cm³/mol. The molecule has 0 saturated carbocycles. The predicted octanol–water partition coefficient (Wildman–Crippen LogP) is 3.54. The molecule has 2 aromatic rings. The molecule has 1 N–H and O–H groups in total. The number of rotatable bonds is 5. The topological polar surface area (TPSA) is 125 Å². The second-order valence-electron chi connectivity index (χ2n) is 5.82. The summed E-state index contributed by atoms with van der Waals surface area (Å²) in [7, 11) is 2.36. The van der Waals surface area contributed by atoms with E-state index >= 15 is 0 Å². The first-order valence-corrected chi connectivity index (χ1v) is 8.48. The van der Waals surface area contributed by atoms with Crippen LogP contribution in [0.15, 0.2) is 30.3 Å². The second-order valence-corrected chi connectivity index (χ2v) is 5.82. The summed E-state index contributed by atoms with van der Waals surface area (Å²) in [5.74, 6) is -4.55. The lowest BCUT2D eigenvalue weighted by Gasteiger charge is -2.08. The number of carbonyl (C=O) groups is 4. The molecule has 0 aromatic heterocycles. The Labute approximate surface area is 188 Å². The number of hydrogen-bond acceptors (Lipinski definition) is 8. The normalized spacial score (nSPS) is 10.7. The van der Waals surface area contributed by atoms with Crippen LogP contribution in [0.1, 0.15) is 45.9 Å². The number of fused-ring (bicyclic) bond motifs is 1. The first kappa shape index (κ1) is 29.0. The van der Waals surface area contributed by atoms with Crippen molar-refractivity contribution in [2.24, 2.45) is 0 Å². The van der Waals surface area contributed by atoms with Gasteiger partial charge in [-0.05, 0) is 24.3 Å². The lowest BCUT2D eigenvalue weighted by molar-refractivity contribution is -0.139. The summed E-state index contributed by atoms with van der Waals surface area (Å²) >= 11 is 0. The van der Waals surface area contributed by atoms with E-state index in [0.717, 1.165) is 25.3 Å². The molecule has 0 bridgehead atoms. The maximum atomic E-state index is 13.2. The zero-order chi connectivity index (χ0) is 23.1. The van der Waals surface area contributed by atoms with Gasteiger partial charge < -0.3 is 24.1 Å². The largest absolute Gasteiger partial charge is 0.484 e. The molecule has 1 aliphatic heterocycles. The third-order valence-electron chi connectivity index (χ3n) is 3.84. The van der Waals surface area contributed by atoms with Crippen molar-refractivity contribution in [3.8, 4) is 11.5 Å². The Morgan fingerprint density at radius 2 is 1.58 bits per heavy atom. The van der Waals surface area contributed by atoms with E-state index in [1.54, 1.807) is 0 Å². The molecule has 0 fully saturated rings. The number of ether oxygens (including phenoxy) is 4. The maximum absolute atomic E-state index is 13.2. The Kier molecular flexibility index (Phi) is 11.2. The second kappa shape index (κ2) is 12.7. The fraction of sp³-hybridized carbons (Fsp3) is 0.273. The van der Waals surface area contributed by atoms with Crippen LogP contribution in [-0.2, 0) is 14.3 Å². The standard InChI is InChI=1S/C10H9FO5.C10H7FO4.2CH4/c1-15-10(14)7-3-2-6(11)4-8(7)16-5-9(12)13;1-14-10(13)5-2-3-6(11)8-7(12)4-15-9(5)8;;/h2-4H,5H2,1H3,(H,12,13);2-3H,4H2,1H3;2*1H4. The fourth-order valence-corrected chi connectivity index (χ4v) is 2.48. The van der Waals surface area contributed by atoms with E-state index in [4.69, 9.17) is 14.6 Å². The zero-order valence-corrected chi connectivity index (χ0v) is 16.3. The van der Waals surface area contributed by atoms with E-state index in [2.05, 4.69) is 9.47 Å². The molecule has 9 nitrogen and oxygen atoms in total. The van der Waals surface area contributed by atoms with Crippen LogP contribution < -0.4 is 9.47 Å². The van der Waals surface area contributed by atoms with Crippen LogP contribution in [0.2, 0.25) is 0 Å². The molecule has 11 heteroatoms. The van der Waals surface area contributed by atoms with Crippen LogP contribution >= 0.6 is 0 Å². The summed E-state index contributed by atoms with van der Waals surface area (Å²) in [4.78, 5) is 44.0. The summed E-state index contributed by atoms with van der Waals surface area (Å²) in [5, 5.41) is 8.40. The SMILES string of the molecule is C.C.COC(=O)c1ccc(F)c2c1OCC2=O.COC(=O)c1ccc(F)cc1OCC(=O)O. The highest BCUT2D eigenvalue weighted by Crippen LogP contribution is 2.32. The van der Waals surface area contributed by atoms with Crippen LogP contribution in [0.5, 0.6) is 11.5 Å². The minimum Gasteiger partial charge on any atom is -0.484 e. The van der Waals surface area contributed by atoms with Crippen molar-refractivity contribution in [3.63, 3.8) is 0 Å². The third kappa shape index (κ3) is 6.99. The molecule has 0 radical (unpaired) electrons. The zero-order valence-electron chi connectivity index (χ0n) is 16.3. The molecule has 0 aliphatic carbocycles. The lowest BCUT2D eigenvalue weighted by atomic mass is 10.1. The minimum absolute atomic E-state index is 0. The van der Waals surface area contributed by atoms with Gasteiger partial charge in [-0.1, -0.05) is 14.9 Å². The van der Waals surface area contributed by atoms with Gasteiger partial charge in [-0.2, -0.15) is 0 Å². The van der Waals surface area contributed by atoms with Gasteiger partial charge in [0.2, 0.25) is 5.78 Å². The molecule has 3 rings (SSSR count). The number of methoxy groups -OCH3 is 2. The number of carbonyl (C=O) groups excluding carboxylic acids is 3. The molecule has 0 saturated heterocycles. The third-order valence-corrected chi connectivity index (χ3v) is 3.84. The Hall–Kier alpha value is -4.02. The molecule has 33 heavy (non-hydrogen) atoms. The van der Waals surface area contributed by atoms with Crippen LogP contribution in [-0.4, -0.2) is 56.2 Å². The summed E-state index contributed by atoms with van der Waals surface area (Å²) < 4.78 is 44.7. The van der Waals surface area contributed by atoms with Crippen molar-refractivity contribution in [3.05, 3.63) is 58.7 Å². The fourth-order valence-electron chi connectivity index (χ4n) is 2.48. The Bertz CT molecular complexity index is 1030. The van der Waals surface area contributed by atoms with Crippen molar-refractivity contribution < 1.29 is 52.0 Å². The van der Waals surface area contributed by atoms with Crippen LogP contribution in [0.25, 0.3) is 0 Å². The lowest BCUT2D eigenvalue weighted by Crippen LogP contribution is -2.12. The van der Waals surface area contributed by atoms with E-state index < -0.39 is 41.9 Å². The molecule has 1 aliphatic rings. The number of carboxylic acids is 1. The first-order chi connectivity index (χ1) is 14.7. The maximum Gasteiger partial charge on any atom is 0.341 e. The number of ketones is 1. The van der Waals surface area contributed by atoms with Crippen LogP contribution in [0, 0.1) is 11.6 Å². The highest BCUT2D eigenvalue weighted by molar-refractivity contribution is 6.06. The van der Waals surface area contributed by atoms with Crippen molar-refractivity contribution in [2.75, 3.05) is 27.4 Å². The average Bonchev–Trinajstić information content (AvgIpc) is 3.14. The molecule has 0 atom stereocenters. The Morgan fingerprint density at radius 1 is 1.00 bits per heavy atom. The van der Waals surface area contributed by atoms with E-state index in [1.165, 1.54) is 19.2 Å². The quantitative estimate of drug-likeness (QED) is 0.653. The Morgan fingerprint density at radius 3 is 2.15 bits per heavy atom. The van der Waals surface area contributed by atoms with E-state index in [1.807, 2.05) is 0 Å².